The van der Waals surface area contributed by atoms with E-state index in [1.165, 1.54) is 0 Å². The van der Waals surface area contributed by atoms with Crippen LogP contribution in [0.4, 0.5) is 0 Å². The number of benzene rings is 1. The van der Waals surface area contributed by atoms with Crippen LogP contribution in [-0.2, 0) is 4.79 Å². The van der Waals surface area contributed by atoms with Crippen molar-refractivity contribution in [1.82, 2.24) is 10.2 Å². The van der Waals surface area contributed by atoms with Crippen LogP contribution in [0.5, 0.6) is 5.75 Å². The molecule has 7 heteroatoms. The predicted molar refractivity (Wildman–Crippen MR) is 100 cm³/mol. The molecule has 0 aromatic heterocycles. The van der Waals surface area contributed by atoms with Gasteiger partial charge in [0.25, 0.3) is 5.91 Å². The van der Waals surface area contributed by atoms with Crippen LogP contribution >= 0.6 is 12.4 Å². The van der Waals surface area contributed by atoms with E-state index in [-0.39, 0.29) is 42.7 Å². The van der Waals surface area contributed by atoms with Gasteiger partial charge in [0.2, 0.25) is 5.91 Å². The maximum Gasteiger partial charge on any atom is 0.255 e. The molecule has 2 amide bonds. The van der Waals surface area contributed by atoms with E-state index in [9.17, 15) is 9.59 Å². The van der Waals surface area contributed by atoms with E-state index in [0.29, 0.717) is 23.8 Å². The number of nitrogens with zero attached hydrogens (tertiary/aromatic N) is 1. The molecule has 1 aromatic rings. The summed E-state index contributed by atoms with van der Waals surface area (Å²) in [6.45, 7) is 7.82. The minimum absolute atomic E-state index is 0. The van der Waals surface area contributed by atoms with E-state index in [1.807, 2.05) is 24.0 Å². The standard InChI is InChI=1S/C18H27N3O3.ClH/c1-11(2)14-8-21(10-17(19)22)9-15(14)20-18(23)13-7-12(3)5-6-16(13)24-4;/h5-7,11,14-15H,8-10H2,1-4H3,(H2,19,22)(H,20,23);1H/t14-,15+;/m1./s1. The van der Waals surface area contributed by atoms with Crippen molar-refractivity contribution in [3.05, 3.63) is 29.3 Å². The van der Waals surface area contributed by atoms with E-state index in [1.54, 1.807) is 13.2 Å². The second kappa shape index (κ2) is 9.06. The Balaban J connectivity index is 0.00000312. The highest BCUT2D eigenvalue weighted by molar-refractivity contribution is 5.97. The number of nitrogens with two attached hydrogens (primary N) is 1. The van der Waals surface area contributed by atoms with Gasteiger partial charge in [-0.25, -0.2) is 0 Å². The zero-order valence-corrected chi connectivity index (χ0v) is 16.1. The molecule has 3 N–H and O–H groups in total. The number of halogens is 1. The van der Waals surface area contributed by atoms with E-state index >= 15 is 0 Å². The van der Waals surface area contributed by atoms with E-state index in [4.69, 9.17) is 10.5 Å². The summed E-state index contributed by atoms with van der Waals surface area (Å²) >= 11 is 0. The van der Waals surface area contributed by atoms with Crippen molar-refractivity contribution in [3.63, 3.8) is 0 Å². The van der Waals surface area contributed by atoms with Crippen molar-refractivity contribution in [3.8, 4) is 5.75 Å². The van der Waals surface area contributed by atoms with Crippen molar-refractivity contribution >= 4 is 24.2 Å². The molecule has 1 fully saturated rings. The molecule has 1 aliphatic heterocycles. The van der Waals surface area contributed by atoms with Crippen LogP contribution < -0.4 is 15.8 Å². The molecule has 1 aromatic carbocycles. The summed E-state index contributed by atoms with van der Waals surface area (Å²) in [5.41, 5.74) is 6.84. The molecule has 0 aliphatic carbocycles. The second-order valence-corrected chi connectivity index (χ2v) is 6.85. The fourth-order valence-electron chi connectivity index (χ4n) is 3.34. The average Bonchev–Trinajstić information content (AvgIpc) is 2.89. The Morgan fingerprint density at radius 3 is 2.60 bits per heavy atom. The van der Waals surface area contributed by atoms with Gasteiger partial charge >= 0.3 is 0 Å². The monoisotopic (exact) mass is 369 g/mol. The van der Waals surface area contributed by atoms with Crippen LogP contribution in [0.2, 0.25) is 0 Å². The fourth-order valence-corrected chi connectivity index (χ4v) is 3.34. The first-order valence-electron chi connectivity index (χ1n) is 8.28. The summed E-state index contributed by atoms with van der Waals surface area (Å²) in [7, 11) is 1.56. The summed E-state index contributed by atoms with van der Waals surface area (Å²) < 4.78 is 5.30. The number of hydrogen-bond acceptors (Lipinski definition) is 4. The Bertz CT molecular complexity index is 622. The first-order valence-corrected chi connectivity index (χ1v) is 8.28. The van der Waals surface area contributed by atoms with E-state index < -0.39 is 0 Å². The van der Waals surface area contributed by atoms with E-state index in [2.05, 4.69) is 19.2 Å². The molecule has 0 saturated carbocycles. The molecule has 6 nitrogen and oxygen atoms in total. The lowest BCUT2D eigenvalue weighted by Gasteiger charge is -2.23. The highest BCUT2D eigenvalue weighted by Gasteiger charge is 2.36. The lowest BCUT2D eigenvalue weighted by Crippen LogP contribution is -2.42. The number of carbonyl (C=O) groups is 2. The molecule has 2 rings (SSSR count). The molecule has 140 valence electrons. The molecule has 0 spiro atoms. The lowest BCUT2D eigenvalue weighted by atomic mass is 9.91. The molecule has 2 atom stereocenters. The topological polar surface area (TPSA) is 84.7 Å². The zero-order valence-electron chi connectivity index (χ0n) is 15.2. The highest BCUT2D eigenvalue weighted by Crippen LogP contribution is 2.26. The SMILES string of the molecule is COc1ccc(C)cc1C(=O)N[C@H]1CN(CC(N)=O)C[C@@H]1C(C)C.Cl. The Labute approximate surface area is 155 Å². The van der Waals surface area contributed by atoms with Crippen LogP contribution in [0, 0.1) is 18.8 Å². The number of ether oxygens (including phenoxy) is 1. The molecular formula is C18H28ClN3O3. The van der Waals surface area contributed by atoms with Crippen LogP contribution in [0.25, 0.3) is 0 Å². The number of methoxy groups -OCH3 is 1. The highest BCUT2D eigenvalue weighted by atomic mass is 35.5. The Morgan fingerprint density at radius 2 is 2.04 bits per heavy atom. The maximum absolute atomic E-state index is 12.7. The van der Waals surface area contributed by atoms with Crippen LogP contribution in [0.1, 0.15) is 29.8 Å². The van der Waals surface area contributed by atoms with Crippen molar-refractivity contribution in [2.24, 2.45) is 17.6 Å². The van der Waals surface area contributed by atoms with Gasteiger partial charge in [-0.15, -0.1) is 12.4 Å². The van der Waals surface area contributed by atoms with Gasteiger partial charge in [0.15, 0.2) is 0 Å². The maximum atomic E-state index is 12.7. The van der Waals surface area contributed by atoms with Gasteiger partial charge < -0.3 is 15.8 Å². The number of hydrogen-bond donors (Lipinski definition) is 2. The van der Waals surface area contributed by atoms with Crippen molar-refractivity contribution < 1.29 is 14.3 Å². The van der Waals surface area contributed by atoms with Gasteiger partial charge in [-0.1, -0.05) is 25.5 Å². The molecule has 0 bridgehead atoms. The molecule has 1 saturated heterocycles. The average molecular weight is 370 g/mol. The number of primary amides is 1. The molecule has 1 heterocycles. The van der Waals surface area contributed by atoms with Gasteiger partial charge in [-0.3, -0.25) is 14.5 Å². The number of amides is 2. The quantitative estimate of drug-likeness (QED) is 0.797. The molecule has 1 aliphatic rings. The van der Waals surface area contributed by atoms with Gasteiger partial charge in [-0.2, -0.15) is 0 Å². The largest absolute Gasteiger partial charge is 0.496 e. The third-order valence-electron chi connectivity index (χ3n) is 4.59. The minimum atomic E-state index is -0.343. The Hall–Kier alpha value is -1.79. The predicted octanol–water partition coefficient (Wildman–Crippen LogP) is 1.60. The summed E-state index contributed by atoms with van der Waals surface area (Å²) in [5, 5.41) is 3.12. The van der Waals surface area contributed by atoms with Crippen molar-refractivity contribution in [2.45, 2.75) is 26.8 Å². The van der Waals surface area contributed by atoms with E-state index in [0.717, 1.165) is 12.1 Å². The van der Waals surface area contributed by atoms with Gasteiger partial charge in [0.1, 0.15) is 5.75 Å². The minimum Gasteiger partial charge on any atom is -0.496 e. The Morgan fingerprint density at radius 1 is 1.36 bits per heavy atom. The Kier molecular flexibility index (Phi) is 7.70. The first kappa shape index (κ1) is 21.3. The van der Waals surface area contributed by atoms with Gasteiger partial charge in [-0.05, 0) is 30.9 Å². The number of nitrogens with one attached hydrogen (secondary N) is 1. The van der Waals surface area contributed by atoms with Crippen molar-refractivity contribution in [1.29, 1.82) is 0 Å². The number of carbonyl (C=O) groups excluding carboxylic acids is 2. The van der Waals surface area contributed by atoms with Crippen LogP contribution in [-0.4, -0.2) is 49.5 Å². The third kappa shape index (κ3) is 5.34. The summed E-state index contributed by atoms with van der Waals surface area (Å²) in [4.78, 5) is 25.9. The van der Waals surface area contributed by atoms with Gasteiger partial charge in [0, 0.05) is 19.1 Å². The number of likely N-dealkylation sites (tertiary alicyclic amines) is 1. The zero-order chi connectivity index (χ0) is 17.9. The fraction of sp³-hybridized carbons (Fsp3) is 0.556. The van der Waals surface area contributed by atoms with Crippen LogP contribution in [0.15, 0.2) is 18.2 Å². The summed E-state index contributed by atoms with van der Waals surface area (Å²) in [6.07, 6.45) is 0. The third-order valence-corrected chi connectivity index (χ3v) is 4.59. The first-order chi connectivity index (χ1) is 11.3. The van der Waals surface area contributed by atoms with Crippen molar-refractivity contribution in [2.75, 3.05) is 26.7 Å². The molecule has 0 unspecified atom stereocenters. The van der Waals surface area contributed by atoms with Crippen LogP contribution in [0.3, 0.4) is 0 Å². The normalized spacial score (nSPS) is 20.2. The summed E-state index contributed by atoms with van der Waals surface area (Å²) in [6, 6.07) is 5.53. The molecular weight excluding hydrogens is 342 g/mol. The smallest absolute Gasteiger partial charge is 0.255 e. The number of rotatable bonds is 6. The molecule has 0 radical (unpaired) electrons. The summed E-state index contributed by atoms with van der Waals surface area (Å²) in [5.74, 6) is 0.750. The lowest BCUT2D eigenvalue weighted by molar-refractivity contribution is -0.118. The van der Waals surface area contributed by atoms with Gasteiger partial charge in [0.05, 0.1) is 19.2 Å². The number of aryl methyl sites for hydroxylation is 1. The molecule has 25 heavy (non-hydrogen) atoms. The second-order valence-electron chi connectivity index (χ2n) is 6.85.